The summed E-state index contributed by atoms with van der Waals surface area (Å²) in [4.78, 5) is 13.7. The van der Waals surface area contributed by atoms with E-state index < -0.39 is 5.60 Å². The smallest absolute Gasteiger partial charge is 0.234 e. The number of methoxy groups -OCH3 is 1. The second-order valence-corrected chi connectivity index (χ2v) is 5.63. The number of likely N-dealkylation sites (tertiary alicyclic amines) is 1. The van der Waals surface area contributed by atoms with Crippen LogP contribution in [0.3, 0.4) is 0 Å². The van der Waals surface area contributed by atoms with Gasteiger partial charge in [0, 0.05) is 32.3 Å². The minimum Gasteiger partial charge on any atom is -0.385 e. The van der Waals surface area contributed by atoms with Crippen LogP contribution in [0.15, 0.2) is 24.3 Å². The van der Waals surface area contributed by atoms with Crippen molar-refractivity contribution in [1.82, 2.24) is 10.2 Å². The van der Waals surface area contributed by atoms with E-state index in [0.717, 1.165) is 0 Å². The quantitative estimate of drug-likeness (QED) is 0.766. The molecule has 1 aromatic rings. The summed E-state index contributed by atoms with van der Waals surface area (Å²) in [6.45, 7) is 2.38. The van der Waals surface area contributed by atoms with Crippen molar-refractivity contribution in [2.24, 2.45) is 0 Å². The number of hydrogen-bond donors (Lipinski definition) is 2. The van der Waals surface area contributed by atoms with Gasteiger partial charge in [-0.3, -0.25) is 9.69 Å². The van der Waals surface area contributed by atoms with Crippen LogP contribution in [0.4, 0.5) is 4.39 Å². The molecule has 2 rings (SSSR count). The Bertz CT molecular complexity index is 502. The maximum Gasteiger partial charge on any atom is 0.234 e. The lowest BCUT2D eigenvalue weighted by atomic mass is 9.84. The van der Waals surface area contributed by atoms with E-state index in [2.05, 4.69) is 5.32 Å². The highest BCUT2D eigenvalue weighted by molar-refractivity contribution is 5.78. The van der Waals surface area contributed by atoms with Crippen LogP contribution in [-0.2, 0) is 15.1 Å². The average Bonchev–Trinajstić information content (AvgIpc) is 2.50. The molecule has 22 heavy (non-hydrogen) atoms. The van der Waals surface area contributed by atoms with E-state index in [4.69, 9.17) is 4.74 Å². The van der Waals surface area contributed by atoms with E-state index in [0.29, 0.717) is 44.6 Å². The molecule has 1 heterocycles. The van der Waals surface area contributed by atoms with E-state index in [1.54, 1.807) is 25.3 Å². The van der Waals surface area contributed by atoms with E-state index in [1.807, 2.05) is 4.90 Å². The molecule has 0 radical (unpaired) electrons. The fourth-order valence-corrected chi connectivity index (χ4v) is 2.74. The van der Waals surface area contributed by atoms with Gasteiger partial charge in [0.05, 0.1) is 18.8 Å². The van der Waals surface area contributed by atoms with Crippen LogP contribution in [-0.4, -0.2) is 55.8 Å². The number of halogens is 1. The van der Waals surface area contributed by atoms with Gasteiger partial charge in [-0.05, 0) is 18.9 Å². The third-order valence-corrected chi connectivity index (χ3v) is 4.05. The van der Waals surface area contributed by atoms with Crippen molar-refractivity contribution in [3.8, 4) is 0 Å². The van der Waals surface area contributed by atoms with Gasteiger partial charge in [-0.25, -0.2) is 4.39 Å². The van der Waals surface area contributed by atoms with E-state index in [-0.39, 0.29) is 18.3 Å². The third kappa shape index (κ3) is 4.25. The van der Waals surface area contributed by atoms with Gasteiger partial charge in [0.1, 0.15) is 5.82 Å². The number of aliphatic hydroxyl groups is 1. The highest BCUT2D eigenvalue weighted by Crippen LogP contribution is 2.34. The van der Waals surface area contributed by atoms with E-state index in [1.165, 1.54) is 6.07 Å². The number of carbonyl (C=O) groups is 1. The molecule has 5 nitrogen and oxygen atoms in total. The second kappa shape index (κ2) is 7.67. The summed E-state index contributed by atoms with van der Waals surface area (Å²) in [6.07, 6.45) is 0.832. The van der Waals surface area contributed by atoms with Gasteiger partial charge in [0.25, 0.3) is 0 Å². The molecule has 1 amide bonds. The number of nitrogens with zero attached hydrogens (tertiary/aromatic N) is 1. The van der Waals surface area contributed by atoms with Crippen LogP contribution in [0.1, 0.15) is 18.4 Å². The maximum absolute atomic E-state index is 13.8. The van der Waals surface area contributed by atoms with Crippen molar-refractivity contribution in [2.45, 2.75) is 18.4 Å². The predicted molar refractivity (Wildman–Crippen MR) is 80.9 cm³/mol. The molecule has 0 aromatic heterocycles. The minimum absolute atomic E-state index is 0.0617. The lowest BCUT2D eigenvalue weighted by Gasteiger charge is -2.38. The van der Waals surface area contributed by atoms with Gasteiger partial charge in [0.15, 0.2) is 0 Å². The fraction of sp³-hybridized carbons (Fsp3) is 0.562. The molecule has 0 atom stereocenters. The van der Waals surface area contributed by atoms with Crippen LogP contribution < -0.4 is 5.32 Å². The van der Waals surface area contributed by atoms with Gasteiger partial charge in [-0.1, -0.05) is 18.2 Å². The molecule has 0 spiro atoms. The second-order valence-electron chi connectivity index (χ2n) is 5.63. The van der Waals surface area contributed by atoms with Crippen molar-refractivity contribution in [3.63, 3.8) is 0 Å². The first-order valence-corrected chi connectivity index (χ1v) is 7.50. The summed E-state index contributed by atoms with van der Waals surface area (Å²) in [5.41, 5.74) is -0.798. The first-order chi connectivity index (χ1) is 10.5. The number of hydrogen-bond acceptors (Lipinski definition) is 4. The zero-order valence-corrected chi connectivity index (χ0v) is 12.8. The minimum atomic E-state index is -1.14. The molecule has 1 aliphatic rings. The zero-order chi connectivity index (χ0) is 16.0. The van der Waals surface area contributed by atoms with Crippen molar-refractivity contribution < 1.29 is 19.0 Å². The van der Waals surface area contributed by atoms with Crippen LogP contribution in [0.5, 0.6) is 0 Å². The number of carbonyl (C=O) groups excluding carboxylic acids is 1. The Labute approximate surface area is 130 Å². The first-order valence-electron chi connectivity index (χ1n) is 7.50. The lowest BCUT2D eigenvalue weighted by molar-refractivity contribution is -0.123. The SMILES string of the molecule is COCCNC(=O)CN1CCC(O)(c2ccccc2F)CC1. The molecule has 0 unspecified atom stereocenters. The molecule has 0 saturated carbocycles. The zero-order valence-electron chi connectivity index (χ0n) is 12.8. The number of piperidine rings is 1. The van der Waals surface area contributed by atoms with Crippen molar-refractivity contribution in [3.05, 3.63) is 35.6 Å². The van der Waals surface area contributed by atoms with Gasteiger partial charge in [-0.2, -0.15) is 0 Å². The number of amides is 1. The predicted octanol–water partition coefficient (Wildman–Crippen LogP) is 0.872. The molecule has 0 aliphatic carbocycles. The number of rotatable bonds is 6. The highest BCUT2D eigenvalue weighted by atomic mass is 19.1. The Hall–Kier alpha value is -1.50. The monoisotopic (exact) mass is 310 g/mol. The normalized spacial score (nSPS) is 18.1. The van der Waals surface area contributed by atoms with Crippen LogP contribution in [0.2, 0.25) is 0 Å². The summed E-state index contributed by atoms with van der Waals surface area (Å²) in [6, 6.07) is 6.33. The molecular formula is C16H23FN2O3. The van der Waals surface area contributed by atoms with E-state index in [9.17, 15) is 14.3 Å². The number of nitrogens with one attached hydrogen (secondary N) is 1. The molecule has 1 aliphatic heterocycles. The summed E-state index contributed by atoms with van der Waals surface area (Å²) in [5, 5.41) is 13.4. The Balaban J connectivity index is 1.85. The molecule has 122 valence electrons. The van der Waals surface area contributed by atoms with Crippen LogP contribution in [0.25, 0.3) is 0 Å². The maximum atomic E-state index is 13.8. The molecule has 1 saturated heterocycles. The van der Waals surface area contributed by atoms with Crippen molar-refractivity contribution in [2.75, 3.05) is 39.9 Å². The Morgan fingerprint density at radius 2 is 2.09 bits per heavy atom. The summed E-state index contributed by atoms with van der Waals surface area (Å²) in [5.74, 6) is -0.441. The summed E-state index contributed by atoms with van der Waals surface area (Å²) >= 11 is 0. The molecular weight excluding hydrogens is 287 g/mol. The summed E-state index contributed by atoms with van der Waals surface area (Å²) in [7, 11) is 1.58. The Morgan fingerprint density at radius 1 is 1.41 bits per heavy atom. The average molecular weight is 310 g/mol. The standard InChI is InChI=1S/C16H23FN2O3/c1-22-11-8-18-15(20)12-19-9-6-16(21,7-10-19)13-4-2-3-5-14(13)17/h2-5,21H,6-12H2,1H3,(H,18,20). The molecule has 1 fully saturated rings. The fourth-order valence-electron chi connectivity index (χ4n) is 2.74. The van der Waals surface area contributed by atoms with Gasteiger partial charge >= 0.3 is 0 Å². The van der Waals surface area contributed by atoms with Crippen LogP contribution >= 0.6 is 0 Å². The Morgan fingerprint density at radius 3 is 2.73 bits per heavy atom. The molecule has 2 N–H and O–H groups in total. The van der Waals surface area contributed by atoms with Crippen molar-refractivity contribution in [1.29, 1.82) is 0 Å². The molecule has 0 bridgehead atoms. The summed E-state index contributed by atoms with van der Waals surface area (Å²) < 4.78 is 18.7. The highest BCUT2D eigenvalue weighted by Gasteiger charge is 2.36. The van der Waals surface area contributed by atoms with Gasteiger partial charge in [-0.15, -0.1) is 0 Å². The van der Waals surface area contributed by atoms with Crippen LogP contribution in [0, 0.1) is 5.82 Å². The Kier molecular flexibility index (Phi) is 5.88. The largest absolute Gasteiger partial charge is 0.385 e. The van der Waals surface area contributed by atoms with Gasteiger partial charge in [0.2, 0.25) is 5.91 Å². The molecule has 6 heteroatoms. The number of ether oxygens (including phenoxy) is 1. The number of benzene rings is 1. The van der Waals surface area contributed by atoms with Gasteiger partial charge < -0.3 is 15.2 Å². The first kappa shape index (κ1) is 16.9. The van der Waals surface area contributed by atoms with E-state index >= 15 is 0 Å². The van der Waals surface area contributed by atoms with Crippen molar-refractivity contribution >= 4 is 5.91 Å². The third-order valence-electron chi connectivity index (χ3n) is 4.05. The topological polar surface area (TPSA) is 61.8 Å². The lowest BCUT2D eigenvalue weighted by Crippen LogP contribution is -2.46. The molecule has 1 aromatic carbocycles.